The Hall–Kier alpha value is -3.16. The Morgan fingerprint density at radius 2 is 1.64 bits per heavy atom. The zero-order valence-corrected chi connectivity index (χ0v) is 20.0. The van der Waals surface area contributed by atoms with Crippen molar-refractivity contribution >= 4 is 44.7 Å². The number of ketones is 1. The lowest BCUT2D eigenvalue weighted by atomic mass is 10.0. The van der Waals surface area contributed by atoms with E-state index in [-0.39, 0.29) is 24.7 Å². The maximum Gasteiger partial charge on any atom is 0.232 e. The van der Waals surface area contributed by atoms with Crippen LogP contribution in [0.1, 0.15) is 34.3 Å². The number of benzene rings is 3. The number of nitrogens with one attached hydrogen (secondary N) is 1. The number of hydrogen-bond donors (Lipinski definition) is 1. The number of carbonyl (C=O) groups excluding carboxylic acids is 2. The van der Waals surface area contributed by atoms with Crippen LogP contribution in [0.4, 0.5) is 11.4 Å². The summed E-state index contributed by atoms with van der Waals surface area (Å²) in [5, 5.41) is 3.15. The van der Waals surface area contributed by atoms with Gasteiger partial charge in [0.2, 0.25) is 15.9 Å². The molecule has 0 unspecified atom stereocenters. The molecule has 0 atom stereocenters. The van der Waals surface area contributed by atoms with Crippen molar-refractivity contribution in [1.29, 1.82) is 0 Å². The van der Waals surface area contributed by atoms with E-state index < -0.39 is 10.0 Å². The van der Waals surface area contributed by atoms with Crippen molar-refractivity contribution in [3.63, 3.8) is 0 Å². The minimum Gasteiger partial charge on any atom is -0.325 e. The highest BCUT2D eigenvalue weighted by Gasteiger charge is 2.19. The van der Waals surface area contributed by atoms with Crippen LogP contribution in [0.25, 0.3) is 0 Å². The molecule has 0 aromatic heterocycles. The maximum atomic E-state index is 12.9. The van der Waals surface area contributed by atoms with Gasteiger partial charge in [0.05, 0.1) is 17.6 Å². The van der Waals surface area contributed by atoms with Crippen molar-refractivity contribution in [3.05, 3.63) is 94.5 Å². The van der Waals surface area contributed by atoms with Crippen molar-refractivity contribution in [3.8, 4) is 0 Å². The molecule has 33 heavy (non-hydrogen) atoms. The lowest BCUT2D eigenvalue weighted by molar-refractivity contribution is -0.116. The molecule has 0 radical (unpaired) electrons. The Balaban J connectivity index is 1.68. The summed E-state index contributed by atoms with van der Waals surface area (Å²) in [6, 6.07) is 20.6. The smallest absolute Gasteiger partial charge is 0.232 e. The average Bonchev–Trinajstić information content (AvgIpc) is 2.78. The van der Waals surface area contributed by atoms with Crippen LogP contribution < -0.4 is 9.62 Å². The number of rotatable bonds is 9. The SMILES string of the molecule is Cc1ccc(N(CCCC(=O)Nc2ccc(Cl)cc2C(=O)c2ccccc2)S(C)(=O)=O)cc1. The molecule has 1 amide bonds. The van der Waals surface area contributed by atoms with E-state index in [1.54, 1.807) is 48.5 Å². The van der Waals surface area contributed by atoms with Gasteiger partial charge in [0.1, 0.15) is 0 Å². The van der Waals surface area contributed by atoms with Gasteiger partial charge < -0.3 is 5.32 Å². The van der Waals surface area contributed by atoms with Gasteiger partial charge in [0.25, 0.3) is 0 Å². The van der Waals surface area contributed by atoms with E-state index >= 15 is 0 Å². The van der Waals surface area contributed by atoms with Gasteiger partial charge in [0.15, 0.2) is 5.78 Å². The van der Waals surface area contributed by atoms with Crippen LogP contribution in [0.15, 0.2) is 72.8 Å². The third-order valence-corrected chi connectivity index (χ3v) is 6.45. The number of amides is 1. The molecule has 6 nitrogen and oxygen atoms in total. The van der Waals surface area contributed by atoms with Gasteiger partial charge in [0, 0.05) is 29.1 Å². The first-order valence-electron chi connectivity index (χ1n) is 10.4. The fraction of sp³-hybridized carbons (Fsp3) is 0.200. The molecule has 0 fully saturated rings. The van der Waals surface area contributed by atoms with Crippen LogP contribution in [-0.2, 0) is 14.8 Å². The van der Waals surface area contributed by atoms with Gasteiger partial charge in [-0.05, 0) is 43.7 Å². The number of anilines is 2. The fourth-order valence-electron chi connectivity index (χ4n) is 3.35. The van der Waals surface area contributed by atoms with Crippen LogP contribution in [0.2, 0.25) is 5.02 Å². The third kappa shape index (κ3) is 6.66. The molecule has 0 saturated carbocycles. The summed E-state index contributed by atoms with van der Waals surface area (Å²) >= 11 is 6.09. The zero-order chi connectivity index (χ0) is 24.0. The number of nitrogens with zero attached hydrogens (tertiary/aromatic N) is 1. The summed E-state index contributed by atoms with van der Waals surface area (Å²) in [4.78, 5) is 25.5. The predicted octanol–water partition coefficient (Wildman–Crippen LogP) is 5.06. The summed E-state index contributed by atoms with van der Waals surface area (Å²) in [6.07, 6.45) is 1.53. The first-order valence-corrected chi connectivity index (χ1v) is 12.6. The van der Waals surface area contributed by atoms with E-state index in [1.807, 2.05) is 25.1 Å². The molecule has 3 rings (SSSR count). The predicted molar refractivity (Wildman–Crippen MR) is 133 cm³/mol. The van der Waals surface area contributed by atoms with Crippen LogP contribution in [-0.4, -0.2) is 32.9 Å². The molecule has 3 aromatic carbocycles. The average molecular weight is 485 g/mol. The monoisotopic (exact) mass is 484 g/mol. The molecule has 0 spiro atoms. The molecular formula is C25H25ClN2O4S. The second-order valence-electron chi connectivity index (χ2n) is 7.71. The van der Waals surface area contributed by atoms with E-state index in [1.165, 1.54) is 10.4 Å². The minimum absolute atomic E-state index is 0.0828. The highest BCUT2D eigenvalue weighted by molar-refractivity contribution is 7.92. The van der Waals surface area contributed by atoms with E-state index in [9.17, 15) is 18.0 Å². The van der Waals surface area contributed by atoms with Gasteiger partial charge >= 0.3 is 0 Å². The highest BCUT2D eigenvalue weighted by atomic mass is 35.5. The summed E-state index contributed by atoms with van der Waals surface area (Å²) in [6.45, 7) is 2.08. The number of carbonyl (C=O) groups is 2. The van der Waals surface area contributed by atoms with Crippen LogP contribution in [0, 0.1) is 6.92 Å². The molecule has 0 aliphatic heterocycles. The van der Waals surface area contributed by atoms with E-state index in [0.29, 0.717) is 33.9 Å². The molecule has 0 heterocycles. The molecule has 0 bridgehead atoms. The standard InChI is InChI=1S/C25H25ClN2O4S/c1-18-10-13-21(14-11-18)28(33(2,31)32)16-6-9-24(29)27-23-15-12-20(26)17-22(23)25(30)19-7-4-3-5-8-19/h3-5,7-8,10-15,17H,6,9,16H2,1-2H3,(H,27,29). The second-order valence-corrected chi connectivity index (χ2v) is 10.1. The number of halogens is 1. The lowest BCUT2D eigenvalue weighted by Crippen LogP contribution is -2.31. The van der Waals surface area contributed by atoms with E-state index in [2.05, 4.69) is 5.32 Å². The van der Waals surface area contributed by atoms with Crippen LogP contribution >= 0.6 is 11.6 Å². The fourth-order valence-corrected chi connectivity index (χ4v) is 4.49. The Morgan fingerprint density at radius 3 is 2.27 bits per heavy atom. The van der Waals surface area contributed by atoms with Gasteiger partial charge in [-0.3, -0.25) is 13.9 Å². The molecular weight excluding hydrogens is 460 g/mol. The van der Waals surface area contributed by atoms with Crippen molar-refractivity contribution in [2.45, 2.75) is 19.8 Å². The molecule has 0 saturated heterocycles. The first kappa shape index (κ1) is 24.5. The minimum atomic E-state index is -3.50. The van der Waals surface area contributed by atoms with E-state index in [0.717, 1.165) is 11.8 Å². The number of sulfonamides is 1. The quantitative estimate of drug-likeness (QED) is 0.430. The molecule has 0 aliphatic rings. The Bertz CT molecular complexity index is 1240. The second kappa shape index (κ2) is 10.6. The van der Waals surface area contributed by atoms with Crippen LogP contribution in [0.5, 0.6) is 0 Å². The normalized spacial score (nSPS) is 11.1. The summed E-state index contributed by atoms with van der Waals surface area (Å²) < 4.78 is 25.8. The maximum absolute atomic E-state index is 12.9. The largest absolute Gasteiger partial charge is 0.325 e. The highest BCUT2D eigenvalue weighted by Crippen LogP contribution is 2.24. The molecule has 8 heteroatoms. The number of aryl methyl sites for hydroxylation is 1. The van der Waals surface area contributed by atoms with Gasteiger partial charge in [-0.25, -0.2) is 8.42 Å². The van der Waals surface area contributed by atoms with E-state index in [4.69, 9.17) is 11.6 Å². The summed E-state index contributed by atoms with van der Waals surface area (Å²) in [7, 11) is -3.50. The van der Waals surface area contributed by atoms with Crippen molar-refractivity contribution in [2.24, 2.45) is 0 Å². The Labute approximate surface area is 199 Å². The van der Waals surface area contributed by atoms with Gasteiger partial charge in [-0.1, -0.05) is 59.6 Å². The van der Waals surface area contributed by atoms with Crippen molar-refractivity contribution in [2.75, 3.05) is 22.4 Å². The van der Waals surface area contributed by atoms with Crippen LogP contribution in [0.3, 0.4) is 0 Å². The molecule has 3 aromatic rings. The summed E-state index contributed by atoms with van der Waals surface area (Å²) in [5.74, 6) is -0.576. The molecule has 1 N–H and O–H groups in total. The topological polar surface area (TPSA) is 83.6 Å². The Kier molecular flexibility index (Phi) is 7.89. The lowest BCUT2D eigenvalue weighted by Gasteiger charge is -2.22. The summed E-state index contributed by atoms with van der Waals surface area (Å²) in [5.41, 5.74) is 2.71. The number of hydrogen-bond acceptors (Lipinski definition) is 4. The van der Waals surface area contributed by atoms with Crippen molar-refractivity contribution < 1.29 is 18.0 Å². The van der Waals surface area contributed by atoms with Crippen molar-refractivity contribution in [1.82, 2.24) is 0 Å². The van der Waals surface area contributed by atoms with Gasteiger partial charge in [-0.2, -0.15) is 0 Å². The molecule has 0 aliphatic carbocycles. The Morgan fingerprint density at radius 1 is 0.970 bits per heavy atom. The third-order valence-electron chi connectivity index (χ3n) is 5.02. The first-order chi connectivity index (χ1) is 15.6. The molecule has 172 valence electrons. The van der Waals surface area contributed by atoms with Gasteiger partial charge in [-0.15, -0.1) is 0 Å². The zero-order valence-electron chi connectivity index (χ0n) is 18.4.